The third kappa shape index (κ3) is 2.92. The number of nitrogens with one attached hydrogen (secondary N) is 1. The standard InChI is InChI=1S/C11H23N3O/c1-11(2,3)14(5)10(15)9-8-12-6-7-13(9)4/h9,12H,6-8H2,1-5H3. The van der Waals surface area contributed by atoms with E-state index >= 15 is 0 Å². The van der Waals surface area contributed by atoms with E-state index in [2.05, 4.69) is 31.0 Å². The lowest BCUT2D eigenvalue weighted by Crippen LogP contribution is -2.59. The van der Waals surface area contributed by atoms with E-state index in [9.17, 15) is 4.79 Å². The number of carbonyl (C=O) groups excluding carboxylic acids is 1. The lowest BCUT2D eigenvalue weighted by molar-refractivity contribution is -0.140. The first kappa shape index (κ1) is 12.5. The fourth-order valence-corrected chi connectivity index (χ4v) is 1.64. The van der Waals surface area contributed by atoms with E-state index in [1.807, 2.05) is 19.0 Å². The predicted octanol–water partition coefficient (Wildman–Crippen LogP) is 0.147. The van der Waals surface area contributed by atoms with E-state index in [4.69, 9.17) is 0 Å². The van der Waals surface area contributed by atoms with E-state index in [1.54, 1.807) is 0 Å². The maximum Gasteiger partial charge on any atom is 0.241 e. The summed E-state index contributed by atoms with van der Waals surface area (Å²) in [5, 5.41) is 3.26. The highest BCUT2D eigenvalue weighted by Crippen LogP contribution is 2.14. The summed E-state index contributed by atoms with van der Waals surface area (Å²) in [6.45, 7) is 8.84. The summed E-state index contributed by atoms with van der Waals surface area (Å²) in [5.74, 6) is 0.206. The zero-order valence-electron chi connectivity index (χ0n) is 10.5. The van der Waals surface area contributed by atoms with Crippen molar-refractivity contribution in [3.8, 4) is 0 Å². The highest BCUT2D eigenvalue weighted by atomic mass is 16.2. The number of rotatable bonds is 1. The second-order valence-electron chi connectivity index (χ2n) is 5.27. The topological polar surface area (TPSA) is 35.6 Å². The summed E-state index contributed by atoms with van der Waals surface area (Å²) in [5.41, 5.74) is -0.102. The molecule has 1 aliphatic heterocycles. The Hall–Kier alpha value is -0.610. The minimum Gasteiger partial charge on any atom is -0.340 e. The Labute approximate surface area is 92.6 Å². The molecule has 0 aromatic carbocycles. The maximum atomic E-state index is 12.2. The lowest BCUT2D eigenvalue weighted by Gasteiger charge is -2.39. The molecule has 15 heavy (non-hydrogen) atoms. The van der Waals surface area contributed by atoms with Gasteiger partial charge in [-0.3, -0.25) is 9.69 Å². The van der Waals surface area contributed by atoms with Crippen LogP contribution in [0.2, 0.25) is 0 Å². The van der Waals surface area contributed by atoms with Crippen molar-refractivity contribution in [3.63, 3.8) is 0 Å². The van der Waals surface area contributed by atoms with Crippen LogP contribution in [0.5, 0.6) is 0 Å². The molecule has 1 amide bonds. The van der Waals surface area contributed by atoms with Crippen molar-refractivity contribution in [3.05, 3.63) is 0 Å². The van der Waals surface area contributed by atoms with E-state index in [-0.39, 0.29) is 17.5 Å². The summed E-state index contributed by atoms with van der Waals surface area (Å²) in [6.07, 6.45) is 0. The van der Waals surface area contributed by atoms with Crippen LogP contribution in [0.25, 0.3) is 0 Å². The molecule has 0 spiro atoms. The first-order chi connectivity index (χ1) is 6.84. The van der Waals surface area contributed by atoms with Gasteiger partial charge in [0.25, 0.3) is 0 Å². The van der Waals surface area contributed by atoms with E-state index in [1.165, 1.54) is 0 Å². The maximum absolute atomic E-state index is 12.2. The zero-order valence-corrected chi connectivity index (χ0v) is 10.5. The molecule has 0 aliphatic carbocycles. The van der Waals surface area contributed by atoms with E-state index in [0.717, 1.165) is 19.6 Å². The Balaban J connectivity index is 2.66. The Kier molecular flexibility index (Phi) is 3.73. The zero-order chi connectivity index (χ0) is 11.6. The van der Waals surface area contributed by atoms with E-state index in [0.29, 0.717) is 0 Å². The van der Waals surface area contributed by atoms with Gasteiger partial charge in [0.15, 0.2) is 0 Å². The van der Waals surface area contributed by atoms with Gasteiger partial charge in [-0.2, -0.15) is 0 Å². The van der Waals surface area contributed by atoms with Gasteiger partial charge >= 0.3 is 0 Å². The molecule has 4 heteroatoms. The van der Waals surface area contributed by atoms with Crippen molar-refractivity contribution in [1.82, 2.24) is 15.1 Å². The van der Waals surface area contributed by atoms with Crippen LogP contribution in [0.4, 0.5) is 0 Å². The molecule has 4 nitrogen and oxygen atoms in total. The molecule has 1 N–H and O–H groups in total. The Morgan fingerprint density at radius 2 is 2.07 bits per heavy atom. The monoisotopic (exact) mass is 213 g/mol. The highest BCUT2D eigenvalue weighted by molar-refractivity contribution is 5.82. The van der Waals surface area contributed by atoms with Crippen molar-refractivity contribution >= 4 is 5.91 Å². The minimum absolute atomic E-state index is 0.0111. The lowest BCUT2D eigenvalue weighted by atomic mass is 10.0. The van der Waals surface area contributed by atoms with Gasteiger partial charge in [-0.1, -0.05) is 0 Å². The molecule has 1 atom stereocenters. The van der Waals surface area contributed by atoms with Crippen molar-refractivity contribution in [2.75, 3.05) is 33.7 Å². The van der Waals surface area contributed by atoms with Crippen LogP contribution in [-0.2, 0) is 4.79 Å². The Morgan fingerprint density at radius 3 is 2.53 bits per heavy atom. The number of piperazine rings is 1. The number of amides is 1. The SMILES string of the molecule is CN1CCNCC1C(=O)N(C)C(C)(C)C. The van der Waals surface area contributed by atoms with Gasteiger partial charge in [0.05, 0.1) is 0 Å². The summed E-state index contributed by atoms with van der Waals surface area (Å²) in [7, 11) is 3.89. The molecule has 0 saturated carbocycles. The van der Waals surface area contributed by atoms with Crippen molar-refractivity contribution in [2.45, 2.75) is 32.4 Å². The molecule has 0 aromatic rings. The molecular weight excluding hydrogens is 190 g/mol. The molecule has 1 heterocycles. The molecule has 1 aliphatic rings. The average Bonchev–Trinajstić information content (AvgIpc) is 2.15. The summed E-state index contributed by atoms with van der Waals surface area (Å²) < 4.78 is 0. The fraction of sp³-hybridized carbons (Fsp3) is 0.909. The summed E-state index contributed by atoms with van der Waals surface area (Å²) in [4.78, 5) is 16.2. The second-order valence-corrected chi connectivity index (χ2v) is 5.27. The van der Waals surface area contributed by atoms with Crippen molar-refractivity contribution < 1.29 is 4.79 Å². The van der Waals surface area contributed by atoms with Gasteiger partial charge in [-0.05, 0) is 27.8 Å². The summed E-state index contributed by atoms with van der Waals surface area (Å²) in [6, 6.07) is -0.0111. The third-order valence-corrected chi connectivity index (χ3v) is 3.13. The van der Waals surface area contributed by atoms with Gasteiger partial charge in [0.1, 0.15) is 6.04 Å². The number of nitrogens with zero attached hydrogens (tertiary/aromatic N) is 2. The number of hydrogen-bond acceptors (Lipinski definition) is 3. The van der Waals surface area contributed by atoms with Crippen LogP contribution in [0.3, 0.4) is 0 Å². The largest absolute Gasteiger partial charge is 0.340 e. The summed E-state index contributed by atoms with van der Waals surface area (Å²) >= 11 is 0. The molecule has 1 rings (SSSR count). The molecule has 0 aromatic heterocycles. The highest BCUT2D eigenvalue weighted by Gasteiger charge is 2.32. The molecule has 1 saturated heterocycles. The third-order valence-electron chi connectivity index (χ3n) is 3.13. The van der Waals surface area contributed by atoms with Crippen LogP contribution >= 0.6 is 0 Å². The van der Waals surface area contributed by atoms with Crippen LogP contribution in [-0.4, -0.2) is 61.0 Å². The van der Waals surface area contributed by atoms with Crippen LogP contribution < -0.4 is 5.32 Å². The number of carbonyl (C=O) groups is 1. The number of likely N-dealkylation sites (N-methyl/N-ethyl adjacent to an activating group) is 2. The molecule has 0 bridgehead atoms. The van der Waals surface area contributed by atoms with Gasteiger partial charge in [-0.25, -0.2) is 0 Å². The quantitative estimate of drug-likeness (QED) is 0.673. The fourth-order valence-electron chi connectivity index (χ4n) is 1.64. The van der Waals surface area contributed by atoms with Crippen LogP contribution in [0.1, 0.15) is 20.8 Å². The van der Waals surface area contributed by atoms with Gasteiger partial charge in [0, 0.05) is 32.2 Å². The van der Waals surface area contributed by atoms with Crippen LogP contribution in [0, 0.1) is 0 Å². The average molecular weight is 213 g/mol. The van der Waals surface area contributed by atoms with Gasteiger partial charge in [0.2, 0.25) is 5.91 Å². The van der Waals surface area contributed by atoms with Gasteiger partial charge < -0.3 is 10.2 Å². The molecular formula is C11H23N3O. The second kappa shape index (κ2) is 4.49. The smallest absolute Gasteiger partial charge is 0.241 e. The normalized spacial score (nSPS) is 23.9. The number of hydrogen-bond donors (Lipinski definition) is 1. The van der Waals surface area contributed by atoms with E-state index < -0.39 is 0 Å². The first-order valence-corrected chi connectivity index (χ1v) is 5.52. The van der Waals surface area contributed by atoms with Crippen molar-refractivity contribution in [2.24, 2.45) is 0 Å². The minimum atomic E-state index is -0.102. The van der Waals surface area contributed by atoms with Crippen LogP contribution in [0.15, 0.2) is 0 Å². The predicted molar refractivity (Wildman–Crippen MR) is 61.8 cm³/mol. The van der Waals surface area contributed by atoms with Crippen molar-refractivity contribution in [1.29, 1.82) is 0 Å². The first-order valence-electron chi connectivity index (χ1n) is 5.52. The van der Waals surface area contributed by atoms with Gasteiger partial charge in [-0.15, -0.1) is 0 Å². The molecule has 1 unspecified atom stereocenters. The molecule has 1 fully saturated rings. The molecule has 0 radical (unpaired) electrons. The Bertz CT molecular complexity index is 234. The Morgan fingerprint density at radius 1 is 1.47 bits per heavy atom. The molecule has 88 valence electrons.